The van der Waals surface area contributed by atoms with Gasteiger partial charge < -0.3 is 4.42 Å². The first kappa shape index (κ1) is 35.8. The highest BCUT2D eigenvalue weighted by Gasteiger charge is 2.52. The summed E-state index contributed by atoms with van der Waals surface area (Å²) in [6, 6.07) is 79.7. The fourth-order valence-corrected chi connectivity index (χ4v) is 11.9. The van der Waals surface area contributed by atoms with Crippen LogP contribution in [-0.2, 0) is 5.41 Å². The van der Waals surface area contributed by atoms with Crippen molar-refractivity contribution in [2.24, 2.45) is 0 Å². The van der Waals surface area contributed by atoms with E-state index in [0.717, 1.165) is 38.9 Å². The molecule has 66 heavy (non-hydrogen) atoms. The van der Waals surface area contributed by atoms with E-state index in [1.54, 1.807) is 0 Å². The molecular formula is C63H36N2O. The molecule has 0 radical (unpaired) electrons. The standard InChI is InChI=1S/C63H36N2O/c1-2-13-37(14-3-1)38-27-29-39(30-28-38)61-49-17-6-9-24-55(49)64-62(65-61)41-32-34-48-54(36-41)63(51-21-7-4-15-44(51)45-16-5-8-22-52(45)63)53-23-10-18-42(58(48)53)40-31-33-43-46-19-11-25-56-59(46)60-47(50(43)35-40)20-12-26-57(60)66-56/h1-36H. The van der Waals surface area contributed by atoms with E-state index >= 15 is 0 Å². The SMILES string of the molecule is c1ccc(-c2ccc(-c3nc(-c4ccc5c(c4)C4(c6ccccc6-c6ccccc64)c4cccc(-c6ccc7c(c6)c6cccc8oc9cccc7c9c86)c4-5)nc4ccccc34)cc2)cc1. The lowest BCUT2D eigenvalue weighted by atomic mass is 9.70. The lowest BCUT2D eigenvalue weighted by molar-refractivity contribution is 0.669. The summed E-state index contributed by atoms with van der Waals surface area (Å²) in [4.78, 5) is 10.8. The third-order valence-electron chi connectivity index (χ3n) is 14.7. The van der Waals surface area contributed by atoms with E-state index < -0.39 is 5.41 Å². The van der Waals surface area contributed by atoms with Gasteiger partial charge in [0.25, 0.3) is 0 Å². The maximum absolute atomic E-state index is 6.41. The molecule has 0 aliphatic heterocycles. The lowest BCUT2D eigenvalue weighted by Crippen LogP contribution is -2.26. The summed E-state index contributed by atoms with van der Waals surface area (Å²) < 4.78 is 6.41. The van der Waals surface area contributed by atoms with Crippen molar-refractivity contribution >= 4 is 54.4 Å². The van der Waals surface area contributed by atoms with Gasteiger partial charge in [-0.2, -0.15) is 0 Å². The molecule has 13 aromatic rings. The summed E-state index contributed by atoms with van der Waals surface area (Å²) in [6.45, 7) is 0. The van der Waals surface area contributed by atoms with Gasteiger partial charge in [-0.05, 0) is 119 Å². The largest absolute Gasteiger partial charge is 0.456 e. The number of hydrogen-bond acceptors (Lipinski definition) is 3. The monoisotopic (exact) mass is 836 g/mol. The van der Waals surface area contributed by atoms with Crippen molar-refractivity contribution in [3.05, 3.63) is 241 Å². The van der Waals surface area contributed by atoms with Crippen LogP contribution in [0.1, 0.15) is 22.3 Å². The quantitative estimate of drug-likeness (QED) is 0.166. The zero-order chi connectivity index (χ0) is 43.1. The minimum Gasteiger partial charge on any atom is -0.456 e. The molecule has 0 saturated heterocycles. The van der Waals surface area contributed by atoms with Gasteiger partial charge in [-0.25, -0.2) is 9.97 Å². The summed E-state index contributed by atoms with van der Waals surface area (Å²) in [5.41, 5.74) is 20.2. The zero-order valence-electron chi connectivity index (χ0n) is 35.6. The molecular weight excluding hydrogens is 801 g/mol. The Labute approximate surface area is 380 Å². The molecule has 1 spiro atoms. The fraction of sp³-hybridized carbons (Fsp3) is 0.0159. The molecule has 0 atom stereocenters. The number of rotatable bonds is 4. The van der Waals surface area contributed by atoms with Gasteiger partial charge in [-0.1, -0.05) is 188 Å². The summed E-state index contributed by atoms with van der Waals surface area (Å²) in [6.07, 6.45) is 0. The molecule has 11 aromatic carbocycles. The van der Waals surface area contributed by atoms with Crippen molar-refractivity contribution in [3.63, 3.8) is 0 Å². The molecule has 2 aliphatic carbocycles. The smallest absolute Gasteiger partial charge is 0.160 e. The van der Waals surface area contributed by atoms with E-state index in [1.165, 1.54) is 99.1 Å². The molecule has 2 heterocycles. The van der Waals surface area contributed by atoms with Crippen LogP contribution in [-0.4, -0.2) is 9.97 Å². The Kier molecular flexibility index (Phi) is 7.15. The lowest BCUT2D eigenvalue weighted by Gasteiger charge is -2.30. The van der Waals surface area contributed by atoms with Crippen LogP contribution >= 0.6 is 0 Å². The van der Waals surface area contributed by atoms with Gasteiger partial charge in [-0.15, -0.1) is 0 Å². The first-order valence-corrected chi connectivity index (χ1v) is 22.7. The first-order valence-electron chi connectivity index (χ1n) is 22.7. The van der Waals surface area contributed by atoms with Crippen LogP contribution in [0.15, 0.2) is 223 Å². The molecule has 0 unspecified atom stereocenters. The Morgan fingerprint density at radius 3 is 1.67 bits per heavy atom. The van der Waals surface area contributed by atoms with Crippen LogP contribution in [0.5, 0.6) is 0 Å². The van der Waals surface area contributed by atoms with Crippen LogP contribution in [0.3, 0.4) is 0 Å². The van der Waals surface area contributed by atoms with Gasteiger partial charge in [0.1, 0.15) is 11.2 Å². The Hall–Kier alpha value is -8.66. The van der Waals surface area contributed by atoms with Gasteiger partial charge in [0, 0.05) is 27.3 Å². The van der Waals surface area contributed by atoms with Crippen molar-refractivity contribution in [2.45, 2.75) is 5.41 Å². The average Bonchev–Trinajstić information content (AvgIpc) is 4.03. The van der Waals surface area contributed by atoms with Gasteiger partial charge in [-0.3, -0.25) is 0 Å². The second kappa shape index (κ2) is 13.2. The van der Waals surface area contributed by atoms with Crippen molar-refractivity contribution < 1.29 is 4.42 Å². The molecule has 15 rings (SSSR count). The minimum atomic E-state index is -0.558. The Morgan fingerprint density at radius 1 is 0.318 bits per heavy atom. The van der Waals surface area contributed by atoms with Crippen LogP contribution in [0.2, 0.25) is 0 Å². The summed E-state index contributed by atoms with van der Waals surface area (Å²) in [5.74, 6) is 0.710. The van der Waals surface area contributed by atoms with Crippen molar-refractivity contribution in [3.8, 4) is 67.2 Å². The van der Waals surface area contributed by atoms with Crippen LogP contribution in [0, 0.1) is 0 Å². The second-order valence-corrected chi connectivity index (χ2v) is 17.9. The van der Waals surface area contributed by atoms with E-state index in [9.17, 15) is 0 Å². The Balaban J connectivity index is 0.971. The van der Waals surface area contributed by atoms with Crippen LogP contribution in [0.25, 0.3) is 122 Å². The van der Waals surface area contributed by atoms with Gasteiger partial charge in [0.2, 0.25) is 0 Å². The Morgan fingerprint density at radius 2 is 0.894 bits per heavy atom. The first-order chi connectivity index (χ1) is 32.7. The highest BCUT2D eigenvalue weighted by atomic mass is 16.3. The third kappa shape index (κ3) is 4.71. The number of benzene rings is 11. The highest BCUT2D eigenvalue weighted by molar-refractivity contribution is 6.33. The number of nitrogens with zero attached hydrogens (tertiary/aromatic N) is 2. The van der Waals surface area contributed by atoms with E-state index in [0.29, 0.717) is 5.82 Å². The third-order valence-corrected chi connectivity index (χ3v) is 14.7. The topological polar surface area (TPSA) is 38.9 Å². The molecule has 3 nitrogen and oxygen atoms in total. The maximum Gasteiger partial charge on any atom is 0.160 e. The highest BCUT2D eigenvalue weighted by Crippen LogP contribution is 2.64. The number of furan rings is 1. The average molecular weight is 837 g/mol. The molecule has 304 valence electrons. The number of hydrogen-bond donors (Lipinski definition) is 0. The molecule has 0 fully saturated rings. The maximum atomic E-state index is 6.41. The minimum absolute atomic E-state index is 0.558. The summed E-state index contributed by atoms with van der Waals surface area (Å²) in [7, 11) is 0. The fourth-order valence-electron chi connectivity index (χ4n) is 11.9. The predicted molar refractivity (Wildman–Crippen MR) is 271 cm³/mol. The molecule has 0 saturated carbocycles. The summed E-state index contributed by atoms with van der Waals surface area (Å²) >= 11 is 0. The molecule has 2 aromatic heterocycles. The van der Waals surface area contributed by atoms with Crippen LogP contribution < -0.4 is 0 Å². The van der Waals surface area contributed by atoms with E-state index in [-0.39, 0.29) is 0 Å². The van der Waals surface area contributed by atoms with Crippen molar-refractivity contribution in [2.75, 3.05) is 0 Å². The number of para-hydroxylation sites is 1. The molecule has 0 amide bonds. The van der Waals surface area contributed by atoms with E-state index in [1.807, 2.05) is 0 Å². The van der Waals surface area contributed by atoms with Crippen molar-refractivity contribution in [1.29, 1.82) is 0 Å². The molecule has 2 aliphatic rings. The van der Waals surface area contributed by atoms with E-state index in [2.05, 4.69) is 218 Å². The number of fused-ring (bicyclic) bond motifs is 14. The van der Waals surface area contributed by atoms with Crippen LogP contribution in [0.4, 0.5) is 0 Å². The van der Waals surface area contributed by atoms with Crippen molar-refractivity contribution in [1.82, 2.24) is 9.97 Å². The summed E-state index contributed by atoms with van der Waals surface area (Å²) in [5, 5.41) is 8.35. The normalized spacial score (nSPS) is 13.3. The van der Waals surface area contributed by atoms with Gasteiger partial charge in [0.05, 0.1) is 16.6 Å². The van der Waals surface area contributed by atoms with E-state index in [4.69, 9.17) is 14.4 Å². The second-order valence-electron chi connectivity index (χ2n) is 17.9. The predicted octanol–water partition coefficient (Wildman–Crippen LogP) is 16.3. The Bertz CT molecular complexity index is 4120. The van der Waals surface area contributed by atoms with Gasteiger partial charge >= 0.3 is 0 Å². The zero-order valence-corrected chi connectivity index (χ0v) is 35.6. The van der Waals surface area contributed by atoms with Gasteiger partial charge in [0.15, 0.2) is 5.82 Å². The molecule has 0 N–H and O–H groups in total. The molecule has 0 bridgehead atoms. The number of aromatic nitrogens is 2. The molecule has 3 heteroatoms.